The van der Waals surface area contributed by atoms with Crippen LogP contribution in [0.3, 0.4) is 0 Å². The van der Waals surface area contributed by atoms with Crippen molar-refractivity contribution in [3.8, 4) is 5.75 Å². The Morgan fingerprint density at radius 3 is 2.68 bits per heavy atom. The highest BCUT2D eigenvalue weighted by Gasteiger charge is 2.14. The van der Waals surface area contributed by atoms with Gasteiger partial charge < -0.3 is 20.1 Å². The Kier molecular flexibility index (Phi) is 6.73. The number of carbonyl (C=O) groups is 2. The zero-order valence-electron chi connectivity index (χ0n) is 13.8. The van der Waals surface area contributed by atoms with Gasteiger partial charge in [0, 0.05) is 30.4 Å². The molecular weight excluding hydrogens is 346 g/mol. The summed E-state index contributed by atoms with van der Waals surface area (Å²) in [6.45, 7) is 0.744. The summed E-state index contributed by atoms with van der Waals surface area (Å²) < 4.78 is 10.1. The van der Waals surface area contributed by atoms with Gasteiger partial charge in [0.05, 0.1) is 19.4 Å². The predicted molar refractivity (Wildman–Crippen MR) is 94.4 cm³/mol. The van der Waals surface area contributed by atoms with Crippen LogP contribution < -0.4 is 15.4 Å². The fraction of sp³-hybridized carbons (Fsp3) is 0.235. The van der Waals surface area contributed by atoms with Crippen LogP contribution in [-0.2, 0) is 4.74 Å². The highest BCUT2D eigenvalue weighted by Crippen LogP contribution is 2.28. The lowest BCUT2D eigenvalue weighted by atomic mass is 10.2. The number of aromatic nitrogens is 1. The van der Waals surface area contributed by atoms with E-state index >= 15 is 0 Å². The molecule has 0 fully saturated rings. The van der Waals surface area contributed by atoms with Crippen molar-refractivity contribution in [3.05, 3.63) is 52.8 Å². The Labute approximate surface area is 150 Å². The van der Waals surface area contributed by atoms with Crippen molar-refractivity contribution in [2.24, 2.45) is 0 Å². The van der Waals surface area contributed by atoms with Gasteiger partial charge in [0.1, 0.15) is 11.4 Å². The maximum Gasteiger partial charge on any atom is 0.269 e. The number of ether oxygens (including phenoxy) is 2. The maximum atomic E-state index is 12.4. The van der Waals surface area contributed by atoms with Gasteiger partial charge in [-0.25, -0.2) is 0 Å². The average molecular weight is 364 g/mol. The lowest BCUT2D eigenvalue weighted by molar-refractivity contribution is 0.0932. The molecule has 25 heavy (non-hydrogen) atoms. The van der Waals surface area contributed by atoms with E-state index in [2.05, 4.69) is 15.6 Å². The van der Waals surface area contributed by atoms with Crippen molar-refractivity contribution in [1.29, 1.82) is 0 Å². The summed E-state index contributed by atoms with van der Waals surface area (Å²) in [5, 5.41) is 5.82. The van der Waals surface area contributed by atoms with Crippen molar-refractivity contribution in [3.63, 3.8) is 0 Å². The molecule has 2 rings (SSSR count). The van der Waals surface area contributed by atoms with E-state index < -0.39 is 5.91 Å². The molecule has 7 nitrogen and oxygen atoms in total. The molecule has 0 atom stereocenters. The quantitative estimate of drug-likeness (QED) is 0.737. The summed E-state index contributed by atoms with van der Waals surface area (Å²) in [5.41, 5.74) is 0.860. The van der Waals surface area contributed by atoms with Gasteiger partial charge in [0.25, 0.3) is 11.8 Å². The smallest absolute Gasteiger partial charge is 0.269 e. The molecule has 2 amide bonds. The Morgan fingerprint density at radius 1 is 1.16 bits per heavy atom. The molecule has 0 aliphatic rings. The molecule has 1 aromatic heterocycles. The maximum absolute atomic E-state index is 12.4. The Bertz CT molecular complexity index is 767. The normalized spacial score (nSPS) is 10.2. The van der Waals surface area contributed by atoms with E-state index in [1.54, 1.807) is 25.3 Å². The van der Waals surface area contributed by atoms with Gasteiger partial charge in [-0.15, -0.1) is 0 Å². The SMILES string of the molecule is COCCNC(=O)c1cc(C(=O)Nc2cc(Cl)ccc2OC)ccn1. The molecule has 8 heteroatoms. The number of anilines is 1. The monoisotopic (exact) mass is 363 g/mol. The van der Waals surface area contributed by atoms with Crippen LogP contribution >= 0.6 is 11.6 Å². The number of nitrogens with zero attached hydrogens (tertiary/aromatic N) is 1. The van der Waals surface area contributed by atoms with E-state index in [0.29, 0.717) is 29.6 Å². The zero-order valence-corrected chi connectivity index (χ0v) is 14.6. The van der Waals surface area contributed by atoms with Crippen LogP contribution in [0, 0.1) is 0 Å². The highest BCUT2D eigenvalue weighted by atomic mass is 35.5. The zero-order chi connectivity index (χ0) is 18.2. The lowest BCUT2D eigenvalue weighted by Gasteiger charge is -2.11. The van der Waals surface area contributed by atoms with Gasteiger partial charge in [-0.3, -0.25) is 14.6 Å². The van der Waals surface area contributed by atoms with Crippen LogP contribution in [0.1, 0.15) is 20.8 Å². The number of pyridine rings is 1. The molecule has 0 aliphatic carbocycles. The van der Waals surface area contributed by atoms with Crippen LogP contribution in [0.2, 0.25) is 5.02 Å². The summed E-state index contributed by atoms with van der Waals surface area (Å²) in [6.07, 6.45) is 1.40. The molecule has 0 saturated carbocycles. The number of hydrogen-bond acceptors (Lipinski definition) is 5. The van der Waals surface area contributed by atoms with Crippen LogP contribution in [-0.4, -0.2) is 44.2 Å². The number of nitrogens with one attached hydrogen (secondary N) is 2. The number of rotatable bonds is 7. The molecule has 1 aromatic carbocycles. The Morgan fingerprint density at radius 2 is 1.96 bits per heavy atom. The summed E-state index contributed by atoms with van der Waals surface area (Å²) >= 11 is 5.95. The first-order valence-corrected chi connectivity index (χ1v) is 7.81. The van der Waals surface area contributed by atoms with E-state index in [-0.39, 0.29) is 17.2 Å². The van der Waals surface area contributed by atoms with Crippen LogP contribution in [0.5, 0.6) is 5.75 Å². The Balaban J connectivity index is 2.13. The molecule has 2 aromatic rings. The first kappa shape index (κ1) is 18.7. The first-order valence-electron chi connectivity index (χ1n) is 7.43. The standard InChI is InChI=1S/C17H18ClN3O4/c1-24-8-7-20-17(23)14-9-11(5-6-19-14)16(22)21-13-10-12(18)3-4-15(13)25-2/h3-6,9-10H,7-8H2,1-2H3,(H,20,23)(H,21,22). The van der Waals surface area contributed by atoms with Crippen molar-refractivity contribution >= 4 is 29.1 Å². The third-order valence-electron chi connectivity index (χ3n) is 3.26. The fourth-order valence-corrected chi connectivity index (χ4v) is 2.20. The molecule has 0 saturated heterocycles. The Hall–Kier alpha value is -2.64. The molecule has 0 bridgehead atoms. The van der Waals surface area contributed by atoms with Crippen LogP contribution in [0.25, 0.3) is 0 Å². The molecule has 1 heterocycles. The molecule has 132 valence electrons. The van der Waals surface area contributed by atoms with Gasteiger partial charge in [-0.05, 0) is 30.3 Å². The predicted octanol–water partition coefficient (Wildman–Crippen LogP) is 2.37. The molecule has 2 N–H and O–H groups in total. The molecule has 0 spiro atoms. The summed E-state index contributed by atoms with van der Waals surface area (Å²) in [7, 11) is 3.03. The number of halogens is 1. The van der Waals surface area contributed by atoms with Gasteiger partial charge in [0.2, 0.25) is 0 Å². The van der Waals surface area contributed by atoms with Gasteiger partial charge in [0.15, 0.2) is 0 Å². The average Bonchev–Trinajstić information content (AvgIpc) is 2.62. The third-order valence-corrected chi connectivity index (χ3v) is 3.49. The van der Waals surface area contributed by atoms with Crippen molar-refractivity contribution in [2.75, 3.05) is 32.7 Å². The van der Waals surface area contributed by atoms with E-state index in [1.807, 2.05) is 0 Å². The molecule has 0 radical (unpaired) electrons. The second-order valence-electron chi connectivity index (χ2n) is 4.98. The van der Waals surface area contributed by atoms with Crippen LogP contribution in [0.4, 0.5) is 5.69 Å². The van der Waals surface area contributed by atoms with Crippen molar-refractivity contribution in [1.82, 2.24) is 10.3 Å². The molecule has 0 aliphatic heterocycles. The lowest BCUT2D eigenvalue weighted by Crippen LogP contribution is -2.28. The number of benzene rings is 1. The minimum atomic E-state index is -0.408. The summed E-state index contributed by atoms with van der Waals surface area (Å²) in [5.74, 6) is -0.315. The summed E-state index contributed by atoms with van der Waals surface area (Å²) in [4.78, 5) is 28.4. The van der Waals surface area contributed by atoms with E-state index in [1.165, 1.54) is 25.4 Å². The second-order valence-corrected chi connectivity index (χ2v) is 5.41. The number of carbonyl (C=O) groups excluding carboxylic acids is 2. The summed E-state index contributed by atoms with van der Waals surface area (Å²) in [6, 6.07) is 7.81. The van der Waals surface area contributed by atoms with Gasteiger partial charge >= 0.3 is 0 Å². The first-order chi connectivity index (χ1) is 12.0. The van der Waals surface area contributed by atoms with Gasteiger partial charge in [-0.2, -0.15) is 0 Å². The second kappa shape index (κ2) is 9.00. The van der Waals surface area contributed by atoms with Crippen molar-refractivity contribution in [2.45, 2.75) is 0 Å². The highest BCUT2D eigenvalue weighted by molar-refractivity contribution is 6.31. The molecule has 0 unspecified atom stereocenters. The van der Waals surface area contributed by atoms with Crippen LogP contribution in [0.15, 0.2) is 36.5 Å². The minimum Gasteiger partial charge on any atom is -0.495 e. The largest absolute Gasteiger partial charge is 0.495 e. The fourth-order valence-electron chi connectivity index (χ4n) is 2.03. The van der Waals surface area contributed by atoms with E-state index in [4.69, 9.17) is 21.1 Å². The number of amides is 2. The number of hydrogen-bond donors (Lipinski definition) is 2. The third kappa shape index (κ3) is 5.17. The van der Waals surface area contributed by atoms with Crippen molar-refractivity contribution < 1.29 is 19.1 Å². The molecular formula is C17H18ClN3O4. The topological polar surface area (TPSA) is 89.5 Å². The minimum absolute atomic E-state index is 0.141. The van der Waals surface area contributed by atoms with Gasteiger partial charge in [-0.1, -0.05) is 11.6 Å². The number of methoxy groups -OCH3 is 2. The van der Waals surface area contributed by atoms with E-state index in [0.717, 1.165) is 0 Å². The van der Waals surface area contributed by atoms with E-state index in [9.17, 15) is 9.59 Å².